The van der Waals surface area contributed by atoms with Crippen LogP contribution in [0.25, 0.3) is 0 Å². The Labute approximate surface area is 186 Å². The van der Waals surface area contributed by atoms with Gasteiger partial charge in [0.05, 0.1) is 17.1 Å². The average Bonchev–Trinajstić information content (AvgIpc) is 3.25. The van der Waals surface area contributed by atoms with Crippen molar-refractivity contribution >= 4 is 39.8 Å². The lowest BCUT2D eigenvalue weighted by Crippen LogP contribution is -2.48. The van der Waals surface area contributed by atoms with E-state index in [9.17, 15) is 21.6 Å². The Morgan fingerprint density at radius 3 is 2.52 bits per heavy atom. The minimum atomic E-state index is -4.37. The van der Waals surface area contributed by atoms with Crippen molar-refractivity contribution in [2.45, 2.75) is 49.7 Å². The van der Waals surface area contributed by atoms with Gasteiger partial charge in [0.15, 0.2) is 15.8 Å². The summed E-state index contributed by atoms with van der Waals surface area (Å²) in [6, 6.07) is 5.40. The van der Waals surface area contributed by atoms with Crippen LogP contribution in [0, 0.1) is 0 Å². The van der Waals surface area contributed by atoms with E-state index in [2.05, 4.69) is 15.6 Å². The molecule has 164 valence electrons. The highest BCUT2D eigenvalue weighted by atomic mass is 127. The number of benzene rings is 1. The zero-order chi connectivity index (χ0) is 20.4. The quantitative estimate of drug-likeness (QED) is 0.346. The van der Waals surface area contributed by atoms with E-state index < -0.39 is 21.6 Å². The van der Waals surface area contributed by atoms with Gasteiger partial charge in [-0.2, -0.15) is 13.2 Å². The van der Waals surface area contributed by atoms with Crippen LogP contribution in [-0.4, -0.2) is 45.5 Å². The maximum atomic E-state index is 13.1. The van der Waals surface area contributed by atoms with Gasteiger partial charge >= 0.3 is 6.18 Å². The van der Waals surface area contributed by atoms with Crippen LogP contribution in [0.2, 0.25) is 0 Å². The topological polar surface area (TPSA) is 70.6 Å². The molecule has 0 bridgehead atoms. The first kappa shape index (κ1) is 24.2. The SMILES string of the molecule is CN=C(NCC1(c2cccc(C(F)(F)F)c2)CCCC1)NC1CCS(=O)(=O)C1.I. The largest absolute Gasteiger partial charge is 0.416 e. The number of aliphatic imine (C=N–C) groups is 1. The monoisotopic (exact) mass is 545 g/mol. The van der Waals surface area contributed by atoms with Crippen LogP contribution in [0.4, 0.5) is 13.2 Å². The summed E-state index contributed by atoms with van der Waals surface area (Å²) in [6.45, 7) is 0.452. The Morgan fingerprint density at radius 2 is 1.97 bits per heavy atom. The first-order chi connectivity index (χ1) is 13.1. The number of halogens is 4. The first-order valence-corrected chi connectivity index (χ1v) is 11.3. The summed E-state index contributed by atoms with van der Waals surface area (Å²) in [4.78, 5) is 4.16. The Morgan fingerprint density at radius 1 is 1.28 bits per heavy atom. The Hall–Kier alpha value is -1.04. The summed E-state index contributed by atoms with van der Waals surface area (Å²) < 4.78 is 62.7. The van der Waals surface area contributed by atoms with Gasteiger partial charge in [-0.15, -0.1) is 24.0 Å². The summed E-state index contributed by atoms with van der Waals surface area (Å²) >= 11 is 0. The molecule has 1 aliphatic carbocycles. The molecule has 0 amide bonds. The predicted molar refractivity (Wildman–Crippen MR) is 119 cm³/mol. The van der Waals surface area contributed by atoms with Crippen molar-refractivity contribution in [2.75, 3.05) is 25.1 Å². The molecule has 1 aromatic rings. The van der Waals surface area contributed by atoms with Crippen molar-refractivity contribution in [1.29, 1.82) is 0 Å². The van der Waals surface area contributed by atoms with Crippen molar-refractivity contribution in [1.82, 2.24) is 10.6 Å². The van der Waals surface area contributed by atoms with Gasteiger partial charge in [-0.05, 0) is 30.9 Å². The second kappa shape index (κ2) is 9.40. The lowest BCUT2D eigenvalue weighted by molar-refractivity contribution is -0.137. The van der Waals surface area contributed by atoms with Gasteiger partial charge in [0.25, 0.3) is 0 Å². The van der Waals surface area contributed by atoms with Gasteiger partial charge in [-0.1, -0.05) is 31.0 Å². The van der Waals surface area contributed by atoms with Crippen LogP contribution in [-0.2, 0) is 21.4 Å². The fourth-order valence-electron chi connectivity index (χ4n) is 4.19. The molecule has 0 spiro atoms. The van der Waals surface area contributed by atoms with E-state index >= 15 is 0 Å². The third-order valence-electron chi connectivity index (χ3n) is 5.75. The fraction of sp³-hybridized carbons (Fsp3) is 0.632. The smallest absolute Gasteiger partial charge is 0.356 e. The summed E-state index contributed by atoms with van der Waals surface area (Å²) in [5.74, 6) is 0.725. The lowest BCUT2D eigenvalue weighted by Gasteiger charge is -2.31. The number of nitrogens with one attached hydrogen (secondary N) is 2. The number of sulfone groups is 1. The van der Waals surface area contributed by atoms with Crippen molar-refractivity contribution in [2.24, 2.45) is 4.99 Å². The molecule has 2 N–H and O–H groups in total. The van der Waals surface area contributed by atoms with E-state index in [-0.39, 0.29) is 46.9 Å². The van der Waals surface area contributed by atoms with Crippen LogP contribution < -0.4 is 10.6 Å². The predicted octanol–water partition coefficient (Wildman–Crippen LogP) is 3.49. The molecule has 2 aliphatic rings. The maximum absolute atomic E-state index is 13.1. The molecule has 1 heterocycles. The van der Waals surface area contributed by atoms with E-state index in [1.165, 1.54) is 12.1 Å². The fourth-order valence-corrected chi connectivity index (χ4v) is 5.87. The second-order valence-electron chi connectivity index (χ2n) is 7.74. The van der Waals surface area contributed by atoms with Crippen LogP contribution in [0.5, 0.6) is 0 Å². The molecule has 1 saturated carbocycles. The third-order valence-corrected chi connectivity index (χ3v) is 7.52. The second-order valence-corrected chi connectivity index (χ2v) is 9.96. The van der Waals surface area contributed by atoms with E-state index in [4.69, 9.17) is 0 Å². The van der Waals surface area contributed by atoms with E-state index in [0.717, 1.165) is 31.7 Å². The molecule has 2 fully saturated rings. The lowest BCUT2D eigenvalue weighted by atomic mass is 9.78. The molecular weight excluding hydrogens is 518 g/mol. The normalized spacial score (nSPS) is 23.4. The number of nitrogens with zero attached hydrogens (tertiary/aromatic N) is 1. The van der Waals surface area contributed by atoms with E-state index in [0.29, 0.717) is 24.5 Å². The minimum absolute atomic E-state index is 0. The van der Waals surface area contributed by atoms with Crippen LogP contribution in [0.1, 0.15) is 43.2 Å². The molecule has 1 saturated heterocycles. The van der Waals surface area contributed by atoms with Crippen LogP contribution in [0.3, 0.4) is 0 Å². The number of hydrogen-bond donors (Lipinski definition) is 2. The van der Waals surface area contributed by atoms with Crippen LogP contribution >= 0.6 is 24.0 Å². The van der Waals surface area contributed by atoms with Gasteiger partial charge in [-0.3, -0.25) is 4.99 Å². The van der Waals surface area contributed by atoms with Crippen molar-refractivity contribution < 1.29 is 21.6 Å². The number of rotatable bonds is 4. The molecular formula is C19H27F3IN3O2S. The first-order valence-electron chi connectivity index (χ1n) is 9.49. The zero-order valence-electron chi connectivity index (χ0n) is 16.3. The highest BCUT2D eigenvalue weighted by Crippen LogP contribution is 2.42. The molecule has 1 aromatic carbocycles. The van der Waals surface area contributed by atoms with Gasteiger partial charge in [0.1, 0.15) is 0 Å². The van der Waals surface area contributed by atoms with Crippen molar-refractivity contribution in [3.8, 4) is 0 Å². The molecule has 10 heteroatoms. The van der Waals surface area contributed by atoms with Gasteiger partial charge in [-0.25, -0.2) is 8.42 Å². The van der Waals surface area contributed by atoms with Crippen molar-refractivity contribution in [3.05, 3.63) is 35.4 Å². The van der Waals surface area contributed by atoms with Gasteiger partial charge in [0, 0.05) is 25.0 Å². The van der Waals surface area contributed by atoms with E-state index in [1.807, 2.05) is 0 Å². The van der Waals surface area contributed by atoms with Crippen molar-refractivity contribution in [3.63, 3.8) is 0 Å². The Bertz CT molecular complexity index is 837. The Balaban J connectivity index is 0.00000300. The summed E-state index contributed by atoms with van der Waals surface area (Å²) in [6.07, 6.45) is -0.307. The molecule has 1 unspecified atom stereocenters. The molecule has 0 radical (unpaired) electrons. The van der Waals surface area contributed by atoms with Gasteiger partial charge in [0.2, 0.25) is 0 Å². The number of hydrogen-bond acceptors (Lipinski definition) is 3. The summed E-state index contributed by atoms with van der Waals surface area (Å²) in [7, 11) is -1.40. The summed E-state index contributed by atoms with van der Waals surface area (Å²) in [5.41, 5.74) is -0.332. The minimum Gasteiger partial charge on any atom is -0.356 e. The molecule has 0 aromatic heterocycles. The highest BCUT2D eigenvalue weighted by molar-refractivity contribution is 14.0. The molecule has 1 aliphatic heterocycles. The van der Waals surface area contributed by atoms with Gasteiger partial charge < -0.3 is 10.6 Å². The van der Waals surface area contributed by atoms with E-state index in [1.54, 1.807) is 13.1 Å². The Kier molecular flexibility index (Phi) is 7.86. The zero-order valence-corrected chi connectivity index (χ0v) is 19.4. The van der Waals surface area contributed by atoms with Crippen LogP contribution in [0.15, 0.2) is 29.3 Å². The molecule has 5 nitrogen and oxygen atoms in total. The summed E-state index contributed by atoms with van der Waals surface area (Å²) in [5, 5.41) is 6.36. The number of alkyl halides is 3. The molecule has 29 heavy (non-hydrogen) atoms. The molecule has 1 atom stereocenters. The third kappa shape index (κ3) is 5.99. The average molecular weight is 545 g/mol. The maximum Gasteiger partial charge on any atom is 0.416 e. The molecule has 3 rings (SSSR count). The number of guanidine groups is 1. The highest BCUT2D eigenvalue weighted by Gasteiger charge is 2.38. The standard InChI is InChI=1S/C19H26F3N3O2S.HI/c1-23-17(25-16-7-10-28(26,27)12-16)24-13-18(8-2-3-9-18)14-5-4-6-15(11-14)19(20,21)22;/h4-6,11,16H,2-3,7-10,12-13H2,1H3,(H2,23,24,25);1H.